The van der Waals surface area contributed by atoms with Gasteiger partial charge >= 0.3 is 0 Å². The van der Waals surface area contributed by atoms with E-state index in [1.165, 1.54) is 12.0 Å². The molecule has 2 N–H and O–H groups in total. The Hall–Kier alpha value is -2.21. The molecule has 0 bridgehead atoms. The number of aryl methyl sites for hydroxylation is 1. The van der Waals surface area contributed by atoms with Crippen LogP contribution in [0.4, 0.5) is 0 Å². The van der Waals surface area contributed by atoms with E-state index in [9.17, 15) is 4.79 Å². The van der Waals surface area contributed by atoms with Gasteiger partial charge in [-0.25, -0.2) is 9.67 Å². The van der Waals surface area contributed by atoms with E-state index in [1.54, 1.807) is 6.33 Å². The van der Waals surface area contributed by atoms with Crippen LogP contribution in [0.5, 0.6) is 0 Å². The second kappa shape index (κ2) is 6.96. The minimum absolute atomic E-state index is 0.0755. The number of aromatic nitrogens is 3. The van der Waals surface area contributed by atoms with Gasteiger partial charge in [0.05, 0.1) is 13.1 Å². The number of amides is 1. The van der Waals surface area contributed by atoms with Crippen molar-refractivity contribution in [2.45, 2.75) is 50.1 Å². The number of hydrogen-bond acceptors (Lipinski definition) is 4. The van der Waals surface area contributed by atoms with E-state index in [1.807, 2.05) is 10.7 Å². The number of carbonyl (C=O) groups is 1. The Labute approximate surface area is 148 Å². The van der Waals surface area contributed by atoms with Gasteiger partial charge in [0.25, 0.3) is 0 Å². The lowest BCUT2D eigenvalue weighted by Gasteiger charge is -2.42. The fourth-order valence-corrected chi connectivity index (χ4v) is 3.93. The van der Waals surface area contributed by atoms with E-state index in [4.69, 9.17) is 0 Å². The number of nitrogens with one attached hydrogen (secondary N) is 2. The third-order valence-electron chi connectivity index (χ3n) is 5.68. The zero-order valence-electron chi connectivity index (χ0n) is 14.4. The van der Waals surface area contributed by atoms with Crippen LogP contribution in [-0.4, -0.2) is 39.8 Å². The highest BCUT2D eigenvalue weighted by molar-refractivity contribution is 5.78. The van der Waals surface area contributed by atoms with Gasteiger partial charge in [-0.3, -0.25) is 4.79 Å². The van der Waals surface area contributed by atoms with E-state index in [2.05, 4.69) is 45.0 Å². The first kappa shape index (κ1) is 16.3. The van der Waals surface area contributed by atoms with Crippen molar-refractivity contribution in [2.75, 3.05) is 13.1 Å². The molecule has 1 aliphatic carbocycles. The van der Waals surface area contributed by atoms with Gasteiger partial charge < -0.3 is 10.6 Å². The van der Waals surface area contributed by atoms with Crippen LogP contribution in [0.15, 0.2) is 36.7 Å². The Morgan fingerprint density at radius 1 is 1.28 bits per heavy atom. The smallest absolute Gasteiger partial charge is 0.233 e. The van der Waals surface area contributed by atoms with Crippen molar-refractivity contribution in [3.05, 3.63) is 48.0 Å². The summed E-state index contributed by atoms with van der Waals surface area (Å²) in [6.07, 6.45) is 7.07. The molecule has 1 amide bonds. The van der Waals surface area contributed by atoms with E-state index >= 15 is 0 Å². The van der Waals surface area contributed by atoms with Gasteiger partial charge in [-0.1, -0.05) is 36.8 Å². The lowest BCUT2D eigenvalue weighted by atomic mass is 9.64. The van der Waals surface area contributed by atoms with Gasteiger partial charge in [-0.15, -0.1) is 0 Å². The molecule has 6 heteroatoms. The SMILES string of the molecule is O=C(CN[C@H]1CCc2ncnn2C1)NCC1(c2ccccc2)CCC1. The van der Waals surface area contributed by atoms with Crippen LogP contribution >= 0.6 is 0 Å². The fraction of sp³-hybridized carbons (Fsp3) is 0.526. The van der Waals surface area contributed by atoms with E-state index in [-0.39, 0.29) is 17.4 Å². The zero-order valence-corrected chi connectivity index (χ0v) is 14.4. The molecule has 1 aliphatic heterocycles. The molecule has 2 aliphatic rings. The molecule has 132 valence electrons. The number of benzene rings is 1. The molecule has 0 unspecified atom stereocenters. The van der Waals surface area contributed by atoms with Gasteiger partial charge in [-0.2, -0.15) is 5.10 Å². The molecule has 1 aromatic carbocycles. The van der Waals surface area contributed by atoms with Crippen LogP contribution in [0.1, 0.15) is 37.1 Å². The molecule has 4 rings (SSSR count). The van der Waals surface area contributed by atoms with Crippen molar-refractivity contribution in [1.82, 2.24) is 25.4 Å². The predicted molar refractivity (Wildman–Crippen MR) is 95.1 cm³/mol. The van der Waals surface area contributed by atoms with Gasteiger partial charge in [0.2, 0.25) is 5.91 Å². The Morgan fingerprint density at radius 3 is 2.88 bits per heavy atom. The predicted octanol–water partition coefficient (Wildman–Crippen LogP) is 1.42. The molecule has 2 aromatic rings. The maximum absolute atomic E-state index is 12.3. The number of hydrogen-bond donors (Lipinski definition) is 2. The molecule has 1 aromatic heterocycles. The molecule has 2 heterocycles. The Morgan fingerprint density at radius 2 is 2.12 bits per heavy atom. The highest BCUT2D eigenvalue weighted by Gasteiger charge is 2.38. The van der Waals surface area contributed by atoms with Crippen LogP contribution in [0.3, 0.4) is 0 Å². The van der Waals surface area contributed by atoms with Crippen LogP contribution in [0.25, 0.3) is 0 Å². The Balaban J connectivity index is 1.26. The third kappa shape index (κ3) is 3.44. The third-order valence-corrected chi connectivity index (χ3v) is 5.68. The second-order valence-electron chi connectivity index (χ2n) is 7.25. The molecule has 0 radical (unpaired) electrons. The van der Waals surface area contributed by atoms with Crippen LogP contribution in [-0.2, 0) is 23.2 Å². The van der Waals surface area contributed by atoms with Crippen molar-refractivity contribution in [2.24, 2.45) is 0 Å². The van der Waals surface area contributed by atoms with Crippen molar-refractivity contribution >= 4 is 5.91 Å². The number of rotatable bonds is 6. The molecule has 0 spiro atoms. The zero-order chi connectivity index (χ0) is 17.1. The molecular weight excluding hydrogens is 314 g/mol. The Bertz CT molecular complexity index is 722. The molecule has 0 saturated heterocycles. The maximum Gasteiger partial charge on any atom is 0.233 e. The molecule has 1 atom stereocenters. The first-order valence-corrected chi connectivity index (χ1v) is 9.17. The minimum atomic E-state index is 0.0755. The van der Waals surface area contributed by atoms with Gasteiger partial charge in [-0.05, 0) is 24.8 Å². The van der Waals surface area contributed by atoms with Gasteiger partial charge in [0.1, 0.15) is 12.2 Å². The van der Waals surface area contributed by atoms with E-state index < -0.39 is 0 Å². The molecule has 1 saturated carbocycles. The maximum atomic E-state index is 12.3. The van der Waals surface area contributed by atoms with E-state index in [0.717, 1.165) is 44.6 Å². The summed E-state index contributed by atoms with van der Waals surface area (Å²) in [4.78, 5) is 16.5. The number of fused-ring (bicyclic) bond motifs is 1. The molecule has 6 nitrogen and oxygen atoms in total. The van der Waals surface area contributed by atoms with Crippen LogP contribution < -0.4 is 10.6 Å². The van der Waals surface area contributed by atoms with Gasteiger partial charge in [0.15, 0.2) is 0 Å². The fourth-order valence-electron chi connectivity index (χ4n) is 3.93. The summed E-state index contributed by atoms with van der Waals surface area (Å²) < 4.78 is 1.93. The monoisotopic (exact) mass is 339 g/mol. The summed E-state index contributed by atoms with van der Waals surface area (Å²) in [7, 11) is 0. The average Bonchev–Trinajstić information content (AvgIpc) is 3.08. The summed E-state index contributed by atoms with van der Waals surface area (Å²) in [5.74, 6) is 1.11. The van der Waals surface area contributed by atoms with Crippen LogP contribution in [0, 0.1) is 0 Å². The highest BCUT2D eigenvalue weighted by atomic mass is 16.1. The molecule has 1 fully saturated rings. The summed E-state index contributed by atoms with van der Waals surface area (Å²) >= 11 is 0. The number of carbonyl (C=O) groups excluding carboxylic acids is 1. The number of nitrogens with zero attached hydrogens (tertiary/aromatic N) is 3. The van der Waals surface area contributed by atoms with Gasteiger partial charge in [0, 0.05) is 24.4 Å². The molecular formula is C19H25N5O. The summed E-state index contributed by atoms with van der Waals surface area (Å²) in [5.41, 5.74) is 1.48. The first-order valence-electron chi connectivity index (χ1n) is 9.17. The van der Waals surface area contributed by atoms with Crippen molar-refractivity contribution in [3.63, 3.8) is 0 Å². The largest absolute Gasteiger partial charge is 0.354 e. The standard InChI is InChI=1S/C19H25N5O/c25-18(11-20-16-7-8-17-22-14-23-24(17)12-16)21-13-19(9-4-10-19)15-5-2-1-3-6-15/h1-3,5-6,14,16,20H,4,7-13H2,(H,21,25)/t16-/m0/s1. The normalized spacial score (nSPS) is 21.2. The Kier molecular flexibility index (Phi) is 4.53. The summed E-state index contributed by atoms with van der Waals surface area (Å²) in [6.45, 7) is 1.88. The van der Waals surface area contributed by atoms with Crippen molar-refractivity contribution in [1.29, 1.82) is 0 Å². The summed E-state index contributed by atoms with van der Waals surface area (Å²) in [6, 6.07) is 10.9. The van der Waals surface area contributed by atoms with Crippen molar-refractivity contribution < 1.29 is 4.79 Å². The first-order chi connectivity index (χ1) is 12.3. The molecule has 25 heavy (non-hydrogen) atoms. The summed E-state index contributed by atoms with van der Waals surface area (Å²) in [5, 5.41) is 10.7. The lowest BCUT2D eigenvalue weighted by Crippen LogP contribution is -2.49. The van der Waals surface area contributed by atoms with Crippen LogP contribution in [0.2, 0.25) is 0 Å². The lowest BCUT2D eigenvalue weighted by molar-refractivity contribution is -0.120. The highest BCUT2D eigenvalue weighted by Crippen LogP contribution is 2.43. The average molecular weight is 339 g/mol. The quantitative estimate of drug-likeness (QED) is 0.835. The van der Waals surface area contributed by atoms with E-state index in [0.29, 0.717) is 6.54 Å². The van der Waals surface area contributed by atoms with Crippen molar-refractivity contribution in [3.8, 4) is 0 Å². The minimum Gasteiger partial charge on any atom is -0.354 e. The second-order valence-corrected chi connectivity index (χ2v) is 7.25. The topological polar surface area (TPSA) is 71.8 Å².